The summed E-state index contributed by atoms with van der Waals surface area (Å²) in [5, 5.41) is 7.24. The standard InChI is InChI=1S/C17H17FN4O/c1-11(10-13-4-6-14(18)7-5-13)20-17(23)15-12(2)21-22-9-3-8-19-16(15)22/h3-9,11H,10H2,1-2H3,(H,20,23)/t11-/m0/s1. The summed E-state index contributed by atoms with van der Waals surface area (Å²) in [4.78, 5) is 16.8. The molecular formula is C17H17FN4O. The van der Waals surface area contributed by atoms with Crippen molar-refractivity contribution in [3.63, 3.8) is 0 Å². The van der Waals surface area contributed by atoms with E-state index in [-0.39, 0.29) is 17.8 Å². The van der Waals surface area contributed by atoms with Crippen molar-refractivity contribution < 1.29 is 9.18 Å². The van der Waals surface area contributed by atoms with Crippen molar-refractivity contribution in [2.24, 2.45) is 0 Å². The average Bonchev–Trinajstić information content (AvgIpc) is 2.85. The molecule has 0 aliphatic carbocycles. The maximum atomic E-state index is 12.9. The molecule has 0 spiro atoms. The van der Waals surface area contributed by atoms with E-state index in [4.69, 9.17) is 0 Å². The largest absolute Gasteiger partial charge is 0.349 e. The molecule has 3 aromatic rings. The minimum Gasteiger partial charge on any atom is -0.349 e. The van der Waals surface area contributed by atoms with Gasteiger partial charge in [0.05, 0.1) is 5.69 Å². The molecule has 0 unspecified atom stereocenters. The maximum Gasteiger partial charge on any atom is 0.257 e. The van der Waals surface area contributed by atoms with Gasteiger partial charge in [0.25, 0.3) is 5.91 Å². The Hall–Kier alpha value is -2.76. The van der Waals surface area contributed by atoms with Crippen molar-refractivity contribution in [3.05, 3.63) is 65.4 Å². The summed E-state index contributed by atoms with van der Waals surface area (Å²) in [7, 11) is 0. The zero-order valence-electron chi connectivity index (χ0n) is 13.0. The molecule has 0 bridgehead atoms. The molecule has 1 atom stereocenters. The van der Waals surface area contributed by atoms with Crippen LogP contribution in [-0.4, -0.2) is 26.5 Å². The lowest BCUT2D eigenvalue weighted by molar-refractivity contribution is 0.0941. The second-order valence-corrected chi connectivity index (χ2v) is 5.55. The first-order chi connectivity index (χ1) is 11.0. The van der Waals surface area contributed by atoms with E-state index in [1.54, 1.807) is 42.0 Å². The predicted octanol–water partition coefficient (Wildman–Crippen LogP) is 2.54. The van der Waals surface area contributed by atoms with E-state index in [1.807, 2.05) is 6.92 Å². The van der Waals surface area contributed by atoms with Crippen LogP contribution in [0.5, 0.6) is 0 Å². The SMILES string of the molecule is Cc1nn2cccnc2c1C(=O)N[C@@H](C)Cc1ccc(F)cc1. The van der Waals surface area contributed by atoms with Gasteiger partial charge in [-0.05, 0) is 44.0 Å². The van der Waals surface area contributed by atoms with Crippen LogP contribution < -0.4 is 5.32 Å². The van der Waals surface area contributed by atoms with Gasteiger partial charge in [0.2, 0.25) is 0 Å². The Balaban J connectivity index is 1.75. The first-order valence-electron chi connectivity index (χ1n) is 7.40. The van der Waals surface area contributed by atoms with Crippen molar-refractivity contribution in [1.82, 2.24) is 19.9 Å². The number of aromatic nitrogens is 3. The third kappa shape index (κ3) is 3.21. The fraction of sp³-hybridized carbons (Fsp3) is 0.235. The van der Waals surface area contributed by atoms with E-state index in [9.17, 15) is 9.18 Å². The van der Waals surface area contributed by atoms with Gasteiger partial charge in [-0.3, -0.25) is 4.79 Å². The maximum absolute atomic E-state index is 12.9. The molecule has 5 nitrogen and oxygen atoms in total. The van der Waals surface area contributed by atoms with Gasteiger partial charge in [-0.1, -0.05) is 12.1 Å². The third-order valence-corrected chi connectivity index (χ3v) is 3.63. The minimum absolute atomic E-state index is 0.0916. The Bertz CT molecular complexity index is 841. The molecule has 0 aliphatic rings. The van der Waals surface area contributed by atoms with E-state index in [0.29, 0.717) is 23.3 Å². The summed E-state index contributed by atoms with van der Waals surface area (Å²) in [6.07, 6.45) is 4.01. The van der Waals surface area contributed by atoms with Crippen molar-refractivity contribution in [2.45, 2.75) is 26.3 Å². The topological polar surface area (TPSA) is 59.3 Å². The van der Waals surface area contributed by atoms with Crippen LogP contribution in [-0.2, 0) is 6.42 Å². The molecule has 1 N–H and O–H groups in total. The Morgan fingerprint density at radius 3 is 2.83 bits per heavy atom. The smallest absolute Gasteiger partial charge is 0.257 e. The van der Waals surface area contributed by atoms with Crippen LogP contribution in [0.15, 0.2) is 42.7 Å². The number of nitrogens with one attached hydrogen (secondary N) is 1. The van der Waals surface area contributed by atoms with Gasteiger partial charge in [-0.25, -0.2) is 13.9 Å². The molecule has 0 saturated carbocycles. The molecule has 2 aromatic heterocycles. The van der Waals surface area contributed by atoms with Gasteiger partial charge in [0, 0.05) is 18.4 Å². The van der Waals surface area contributed by atoms with Crippen LogP contribution in [0.3, 0.4) is 0 Å². The molecule has 23 heavy (non-hydrogen) atoms. The molecule has 2 heterocycles. The summed E-state index contributed by atoms with van der Waals surface area (Å²) in [6, 6.07) is 7.95. The molecule has 6 heteroatoms. The van der Waals surface area contributed by atoms with Gasteiger partial charge in [0.1, 0.15) is 11.4 Å². The van der Waals surface area contributed by atoms with Gasteiger partial charge in [-0.2, -0.15) is 5.10 Å². The lowest BCUT2D eigenvalue weighted by Crippen LogP contribution is -2.34. The summed E-state index contributed by atoms with van der Waals surface area (Å²) in [6.45, 7) is 3.70. The first kappa shape index (κ1) is 15.1. The molecule has 1 amide bonds. The second kappa shape index (κ2) is 6.16. The number of hydrogen-bond acceptors (Lipinski definition) is 3. The number of carbonyl (C=O) groups is 1. The highest BCUT2D eigenvalue weighted by Gasteiger charge is 2.19. The molecule has 0 aliphatic heterocycles. The van der Waals surface area contributed by atoms with Crippen molar-refractivity contribution in [1.29, 1.82) is 0 Å². The highest BCUT2D eigenvalue weighted by Crippen LogP contribution is 2.13. The van der Waals surface area contributed by atoms with E-state index < -0.39 is 0 Å². The number of aryl methyl sites for hydroxylation is 1. The van der Waals surface area contributed by atoms with Gasteiger partial charge >= 0.3 is 0 Å². The number of benzene rings is 1. The van der Waals surface area contributed by atoms with E-state index >= 15 is 0 Å². The van der Waals surface area contributed by atoms with Crippen molar-refractivity contribution in [2.75, 3.05) is 0 Å². The molecule has 3 rings (SSSR count). The van der Waals surface area contributed by atoms with Gasteiger partial charge in [0.15, 0.2) is 5.65 Å². The number of hydrogen-bond donors (Lipinski definition) is 1. The lowest BCUT2D eigenvalue weighted by atomic mass is 10.1. The lowest BCUT2D eigenvalue weighted by Gasteiger charge is -2.13. The average molecular weight is 312 g/mol. The quantitative estimate of drug-likeness (QED) is 0.805. The number of amides is 1. The summed E-state index contributed by atoms with van der Waals surface area (Å²) in [5.41, 5.74) is 2.62. The van der Waals surface area contributed by atoms with Crippen LogP contribution in [0.2, 0.25) is 0 Å². The Kier molecular flexibility index (Phi) is 4.06. The molecular weight excluding hydrogens is 295 g/mol. The Labute approximate surface area is 133 Å². The minimum atomic E-state index is -0.265. The number of rotatable bonds is 4. The second-order valence-electron chi connectivity index (χ2n) is 5.55. The highest BCUT2D eigenvalue weighted by molar-refractivity contribution is 6.01. The summed E-state index contributed by atoms with van der Waals surface area (Å²) >= 11 is 0. The third-order valence-electron chi connectivity index (χ3n) is 3.63. The van der Waals surface area contributed by atoms with E-state index in [0.717, 1.165) is 5.56 Å². The van der Waals surface area contributed by atoms with Crippen LogP contribution in [0.1, 0.15) is 28.5 Å². The normalized spacial score (nSPS) is 12.3. The number of halogens is 1. The van der Waals surface area contributed by atoms with Crippen LogP contribution in [0, 0.1) is 12.7 Å². The predicted molar refractivity (Wildman–Crippen MR) is 84.8 cm³/mol. The first-order valence-corrected chi connectivity index (χ1v) is 7.40. The van der Waals surface area contributed by atoms with Crippen molar-refractivity contribution in [3.8, 4) is 0 Å². The molecule has 118 valence electrons. The van der Waals surface area contributed by atoms with Crippen LogP contribution in [0.4, 0.5) is 4.39 Å². The fourth-order valence-corrected chi connectivity index (χ4v) is 2.58. The number of fused-ring (bicyclic) bond motifs is 1. The fourth-order valence-electron chi connectivity index (χ4n) is 2.58. The van der Waals surface area contributed by atoms with Gasteiger partial charge in [-0.15, -0.1) is 0 Å². The summed E-state index contributed by atoms with van der Waals surface area (Å²) in [5.74, 6) is -0.468. The number of carbonyl (C=O) groups excluding carboxylic acids is 1. The zero-order valence-corrected chi connectivity index (χ0v) is 13.0. The zero-order chi connectivity index (χ0) is 16.4. The summed E-state index contributed by atoms with van der Waals surface area (Å²) < 4.78 is 14.5. The molecule has 0 saturated heterocycles. The van der Waals surface area contributed by atoms with Crippen molar-refractivity contribution >= 4 is 11.6 Å². The highest BCUT2D eigenvalue weighted by atomic mass is 19.1. The Morgan fingerprint density at radius 1 is 1.35 bits per heavy atom. The molecule has 0 fully saturated rings. The van der Waals surface area contributed by atoms with Crippen LogP contribution >= 0.6 is 0 Å². The molecule has 1 aromatic carbocycles. The monoisotopic (exact) mass is 312 g/mol. The van der Waals surface area contributed by atoms with Crippen LogP contribution in [0.25, 0.3) is 5.65 Å². The Morgan fingerprint density at radius 2 is 2.09 bits per heavy atom. The molecule has 0 radical (unpaired) electrons. The van der Waals surface area contributed by atoms with Gasteiger partial charge < -0.3 is 5.32 Å². The number of nitrogens with zero attached hydrogens (tertiary/aromatic N) is 3. The van der Waals surface area contributed by atoms with E-state index in [1.165, 1.54) is 12.1 Å². The van der Waals surface area contributed by atoms with E-state index in [2.05, 4.69) is 15.4 Å².